The normalized spacial score (nSPS) is 10.9. The van der Waals surface area contributed by atoms with Gasteiger partial charge in [0, 0.05) is 11.8 Å². The monoisotopic (exact) mass is 441 g/mol. The molecule has 0 aliphatic heterocycles. The maximum absolute atomic E-state index is 5.91. The van der Waals surface area contributed by atoms with Crippen LogP contribution in [0.25, 0.3) is 0 Å². The molecule has 2 aromatic carbocycles. The van der Waals surface area contributed by atoms with Gasteiger partial charge in [0.25, 0.3) is 0 Å². The third-order valence-electron chi connectivity index (χ3n) is 3.07. The average Bonchev–Trinajstić information content (AvgIpc) is 2.54. The first-order chi connectivity index (χ1) is 11.1. The highest BCUT2D eigenvalue weighted by atomic mass is 127. The zero-order valence-electron chi connectivity index (χ0n) is 14.2. The number of rotatable bonds is 6. The van der Waals surface area contributed by atoms with Gasteiger partial charge in [-0.05, 0) is 43.7 Å². The maximum Gasteiger partial charge on any atom is 0.193 e. The smallest absolute Gasteiger partial charge is 0.193 e. The number of anilines is 1. The molecule has 6 heteroatoms. The highest BCUT2D eigenvalue weighted by molar-refractivity contribution is 14.0. The van der Waals surface area contributed by atoms with E-state index < -0.39 is 0 Å². The Kier molecular flexibility index (Phi) is 8.39. The van der Waals surface area contributed by atoms with Gasteiger partial charge in [0.05, 0.1) is 19.8 Å². The summed E-state index contributed by atoms with van der Waals surface area (Å²) in [7, 11) is 1.63. The Hall–Kier alpha value is -1.96. The van der Waals surface area contributed by atoms with Crippen molar-refractivity contribution in [2.45, 2.75) is 26.5 Å². The Balaban J connectivity index is 0.00000288. The lowest BCUT2D eigenvalue weighted by atomic mass is 10.2. The Labute approximate surface area is 160 Å². The van der Waals surface area contributed by atoms with Crippen molar-refractivity contribution in [3.63, 3.8) is 0 Å². The number of guanidine groups is 1. The Morgan fingerprint density at radius 1 is 1.12 bits per heavy atom. The molecule has 0 bridgehead atoms. The average molecular weight is 441 g/mol. The van der Waals surface area contributed by atoms with E-state index in [2.05, 4.69) is 10.3 Å². The summed E-state index contributed by atoms with van der Waals surface area (Å²) in [5.41, 5.74) is 7.82. The summed E-state index contributed by atoms with van der Waals surface area (Å²) in [6.07, 6.45) is 0.168. The van der Waals surface area contributed by atoms with Crippen molar-refractivity contribution in [2.75, 3.05) is 12.4 Å². The van der Waals surface area contributed by atoms with Gasteiger partial charge < -0.3 is 20.5 Å². The highest BCUT2D eigenvalue weighted by Crippen LogP contribution is 2.17. The van der Waals surface area contributed by atoms with Gasteiger partial charge in [-0.2, -0.15) is 0 Å². The number of nitrogens with two attached hydrogens (primary N) is 1. The van der Waals surface area contributed by atoms with Gasteiger partial charge in [0.15, 0.2) is 5.96 Å². The van der Waals surface area contributed by atoms with E-state index >= 15 is 0 Å². The molecule has 0 saturated carbocycles. The SMILES string of the molecule is COc1cccc(NC(N)=NCc2ccc(OC(C)C)cc2)c1.I. The quantitative estimate of drug-likeness (QED) is 0.404. The van der Waals surface area contributed by atoms with Crippen LogP contribution in [-0.2, 0) is 6.54 Å². The predicted octanol–water partition coefficient (Wildman–Crippen LogP) is 4.03. The molecule has 0 saturated heterocycles. The Morgan fingerprint density at radius 2 is 1.83 bits per heavy atom. The van der Waals surface area contributed by atoms with Crippen molar-refractivity contribution in [2.24, 2.45) is 10.7 Å². The number of nitrogens with zero attached hydrogens (tertiary/aromatic N) is 1. The summed E-state index contributed by atoms with van der Waals surface area (Å²) in [5.74, 6) is 1.99. The largest absolute Gasteiger partial charge is 0.497 e. The molecule has 0 fully saturated rings. The lowest BCUT2D eigenvalue weighted by molar-refractivity contribution is 0.242. The van der Waals surface area contributed by atoms with Crippen molar-refractivity contribution in [3.05, 3.63) is 54.1 Å². The first-order valence-corrected chi connectivity index (χ1v) is 7.53. The summed E-state index contributed by atoms with van der Waals surface area (Å²) < 4.78 is 10.8. The highest BCUT2D eigenvalue weighted by Gasteiger charge is 2.00. The van der Waals surface area contributed by atoms with E-state index in [1.165, 1.54) is 0 Å². The Morgan fingerprint density at radius 3 is 2.46 bits per heavy atom. The fourth-order valence-corrected chi connectivity index (χ4v) is 2.01. The molecule has 2 aromatic rings. The molecule has 0 aliphatic rings. The van der Waals surface area contributed by atoms with Gasteiger partial charge in [-0.25, -0.2) is 4.99 Å². The van der Waals surface area contributed by atoms with Crippen molar-refractivity contribution in [1.82, 2.24) is 0 Å². The van der Waals surface area contributed by atoms with Crippen LogP contribution in [-0.4, -0.2) is 19.2 Å². The van der Waals surface area contributed by atoms with Crippen LogP contribution in [0.1, 0.15) is 19.4 Å². The number of nitrogens with one attached hydrogen (secondary N) is 1. The van der Waals surface area contributed by atoms with Crippen molar-refractivity contribution in [3.8, 4) is 11.5 Å². The minimum atomic E-state index is 0. The first kappa shape index (κ1) is 20.1. The van der Waals surface area contributed by atoms with Crippen LogP contribution in [0, 0.1) is 0 Å². The molecule has 130 valence electrons. The summed E-state index contributed by atoms with van der Waals surface area (Å²) in [4.78, 5) is 4.34. The van der Waals surface area contributed by atoms with Crippen LogP contribution in [0.3, 0.4) is 0 Å². The van der Waals surface area contributed by atoms with Crippen molar-refractivity contribution >= 4 is 35.6 Å². The fourth-order valence-electron chi connectivity index (χ4n) is 2.01. The van der Waals surface area contributed by atoms with E-state index in [1.807, 2.05) is 62.4 Å². The van der Waals surface area contributed by atoms with Gasteiger partial charge in [-0.15, -0.1) is 24.0 Å². The van der Waals surface area contributed by atoms with Crippen LogP contribution in [0.15, 0.2) is 53.5 Å². The van der Waals surface area contributed by atoms with Gasteiger partial charge in [0.1, 0.15) is 11.5 Å². The molecular weight excluding hydrogens is 417 g/mol. The number of methoxy groups -OCH3 is 1. The zero-order valence-corrected chi connectivity index (χ0v) is 16.5. The third-order valence-corrected chi connectivity index (χ3v) is 3.07. The summed E-state index contributed by atoms with van der Waals surface area (Å²) in [6.45, 7) is 4.51. The van der Waals surface area contributed by atoms with Crippen molar-refractivity contribution < 1.29 is 9.47 Å². The van der Waals surface area contributed by atoms with Gasteiger partial charge in [0.2, 0.25) is 0 Å². The number of benzene rings is 2. The van der Waals surface area contributed by atoms with Crippen molar-refractivity contribution in [1.29, 1.82) is 0 Å². The standard InChI is InChI=1S/C18H23N3O2.HI/c1-13(2)23-16-9-7-14(8-10-16)12-20-18(19)21-15-5-4-6-17(11-15)22-3;/h4-11,13H,12H2,1-3H3,(H3,19,20,21);1H. The lowest BCUT2D eigenvalue weighted by Gasteiger charge is -2.10. The Bertz CT molecular complexity index is 658. The second-order valence-electron chi connectivity index (χ2n) is 5.37. The van der Waals surface area contributed by atoms with Crippen LogP contribution in [0.4, 0.5) is 5.69 Å². The molecule has 0 unspecified atom stereocenters. The second kappa shape index (κ2) is 10.0. The number of hydrogen-bond donors (Lipinski definition) is 2. The maximum atomic E-state index is 5.91. The molecule has 2 rings (SSSR count). The molecule has 0 spiro atoms. The first-order valence-electron chi connectivity index (χ1n) is 7.53. The van der Waals surface area contributed by atoms with E-state index in [9.17, 15) is 0 Å². The van der Waals surface area contributed by atoms with E-state index in [0.29, 0.717) is 12.5 Å². The molecule has 0 amide bonds. The number of hydrogen-bond acceptors (Lipinski definition) is 3. The molecular formula is C18H24IN3O2. The number of ether oxygens (including phenoxy) is 2. The topological polar surface area (TPSA) is 68.9 Å². The van der Waals surface area contributed by atoms with Crippen LogP contribution < -0.4 is 20.5 Å². The molecule has 3 N–H and O–H groups in total. The molecule has 24 heavy (non-hydrogen) atoms. The molecule has 0 heterocycles. The zero-order chi connectivity index (χ0) is 16.7. The fraction of sp³-hybridized carbons (Fsp3) is 0.278. The van der Waals surface area contributed by atoms with E-state index in [0.717, 1.165) is 22.7 Å². The number of halogens is 1. The van der Waals surface area contributed by atoms with Crippen LogP contribution >= 0.6 is 24.0 Å². The second-order valence-corrected chi connectivity index (χ2v) is 5.37. The third kappa shape index (κ3) is 6.66. The van der Waals surface area contributed by atoms with E-state index in [1.54, 1.807) is 7.11 Å². The summed E-state index contributed by atoms with van der Waals surface area (Å²) >= 11 is 0. The molecule has 0 aromatic heterocycles. The van der Waals surface area contributed by atoms with Gasteiger partial charge in [-0.3, -0.25) is 0 Å². The molecule has 0 atom stereocenters. The minimum Gasteiger partial charge on any atom is -0.497 e. The molecule has 0 radical (unpaired) electrons. The van der Waals surface area contributed by atoms with E-state index in [4.69, 9.17) is 15.2 Å². The number of aliphatic imine (C=N–C) groups is 1. The molecule has 0 aliphatic carbocycles. The lowest BCUT2D eigenvalue weighted by Crippen LogP contribution is -2.22. The predicted molar refractivity (Wildman–Crippen MR) is 110 cm³/mol. The summed E-state index contributed by atoms with van der Waals surface area (Å²) in [6, 6.07) is 15.4. The summed E-state index contributed by atoms with van der Waals surface area (Å²) in [5, 5.41) is 3.05. The van der Waals surface area contributed by atoms with Crippen LogP contribution in [0.5, 0.6) is 11.5 Å². The van der Waals surface area contributed by atoms with E-state index in [-0.39, 0.29) is 30.1 Å². The molecule has 5 nitrogen and oxygen atoms in total. The van der Waals surface area contributed by atoms with Gasteiger partial charge >= 0.3 is 0 Å². The van der Waals surface area contributed by atoms with Crippen LogP contribution in [0.2, 0.25) is 0 Å². The minimum absolute atomic E-state index is 0. The van der Waals surface area contributed by atoms with Gasteiger partial charge in [-0.1, -0.05) is 18.2 Å².